The summed E-state index contributed by atoms with van der Waals surface area (Å²) >= 11 is 0. The Kier molecular flexibility index (Phi) is 18.8. The molecule has 0 amide bonds. The van der Waals surface area contributed by atoms with Gasteiger partial charge in [-0.2, -0.15) is 0 Å². The molecule has 0 saturated heterocycles. The van der Waals surface area contributed by atoms with Gasteiger partial charge in [-0.15, -0.1) is 0 Å². The van der Waals surface area contributed by atoms with Crippen LogP contribution in [0.3, 0.4) is 0 Å². The van der Waals surface area contributed by atoms with Gasteiger partial charge in [-0.25, -0.2) is 9.13 Å². The minimum atomic E-state index is -5.34. The molecular weight excluding hydrogens is 618 g/mol. The van der Waals surface area contributed by atoms with Gasteiger partial charge >= 0.3 is 27.6 Å². The van der Waals surface area contributed by atoms with Crippen molar-refractivity contribution in [2.75, 3.05) is 13.2 Å². The van der Waals surface area contributed by atoms with E-state index in [1.165, 1.54) is 0 Å². The van der Waals surface area contributed by atoms with Crippen molar-refractivity contribution in [3.63, 3.8) is 0 Å². The van der Waals surface area contributed by atoms with Gasteiger partial charge in [-0.05, 0) is 12.8 Å². The second kappa shape index (κ2) is 20.2. The number of carbonyl (C=O) groups excluding carboxylic acids is 2. The molecule has 0 aliphatic heterocycles. The molecule has 1 fully saturated rings. The first kappa shape index (κ1) is 40.0. The summed E-state index contributed by atoms with van der Waals surface area (Å²) in [6.45, 7) is 2.77. The van der Waals surface area contributed by atoms with Gasteiger partial charge in [0.05, 0.1) is 6.61 Å². The molecule has 1 aliphatic carbocycles. The van der Waals surface area contributed by atoms with Crippen LogP contribution in [0.4, 0.5) is 0 Å². The van der Waals surface area contributed by atoms with Crippen LogP contribution in [0.25, 0.3) is 0 Å². The summed E-state index contributed by atoms with van der Waals surface area (Å²) in [5.41, 5.74) is 0. The number of phosphoric ester groups is 2. The standard InChI is InChI=1S/C25H48O16P2/c1-3-5-7-9-11-13-18(26)37-15-17(39-19(27)14-12-10-8-6-4-2)16-38-43(35,36)41-25-22(30)20(28)21(29)24(23(25)31)40-42(32,33)34/h17,20-25,28-31H,3-16H2,1-2H3,(H,35,36)(H2,32,33,34)/t17-,20-,21-,22+,23+,24+,25-/m1/s1. The predicted octanol–water partition coefficient (Wildman–Crippen LogP) is 1.60. The maximum absolute atomic E-state index is 12.7. The van der Waals surface area contributed by atoms with Gasteiger partial charge in [-0.1, -0.05) is 65.2 Å². The summed E-state index contributed by atoms with van der Waals surface area (Å²) in [7, 11) is -10.6. The van der Waals surface area contributed by atoms with Crippen LogP contribution in [0.2, 0.25) is 0 Å². The van der Waals surface area contributed by atoms with E-state index in [1.54, 1.807) is 0 Å². The second-order valence-electron chi connectivity index (χ2n) is 10.5. The van der Waals surface area contributed by atoms with E-state index < -0.39 is 83.5 Å². The van der Waals surface area contributed by atoms with Gasteiger partial charge in [-0.3, -0.25) is 23.2 Å². The average Bonchev–Trinajstić information content (AvgIpc) is 2.93. The smallest absolute Gasteiger partial charge is 0.462 e. The normalized spacial score (nSPS) is 26.4. The highest BCUT2D eigenvalue weighted by molar-refractivity contribution is 7.47. The van der Waals surface area contributed by atoms with E-state index >= 15 is 0 Å². The number of phosphoric acid groups is 2. The molecule has 0 aromatic heterocycles. The molecule has 1 aliphatic rings. The number of unbranched alkanes of at least 4 members (excludes halogenated alkanes) is 8. The Morgan fingerprint density at radius 3 is 1.65 bits per heavy atom. The Balaban J connectivity index is 2.84. The first-order chi connectivity index (χ1) is 20.1. The molecule has 18 heteroatoms. The number of aliphatic hydroxyl groups is 4. The molecule has 0 aromatic carbocycles. The lowest BCUT2D eigenvalue weighted by molar-refractivity contribution is -0.216. The Bertz CT molecular complexity index is 914. The molecule has 43 heavy (non-hydrogen) atoms. The third-order valence-corrected chi connectivity index (χ3v) is 8.18. The topological polar surface area (TPSA) is 256 Å². The summed E-state index contributed by atoms with van der Waals surface area (Å²) < 4.78 is 48.3. The highest BCUT2D eigenvalue weighted by atomic mass is 31.2. The number of carbonyl (C=O) groups is 2. The number of aliphatic hydroxyl groups excluding tert-OH is 4. The van der Waals surface area contributed by atoms with Crippen LogP contribution in [-0.4, -0.2) is 103 Å². The van der Waals surface area contributed by atoms with E-state index in [2.05, 4.69) is 11.4 Å². The molecule has 8 atom stereocenters. The maximum atomic E-state index is 12.7. The number of hydrogen-bond acceptors (Lipinski definition) is 13. The van der Waals surface area contributed by atoms with E-state index in [-0.39, 0.29) is 12.8 Å². The van der Waals surface area contributed by atoms with E-state index in [0.717, 1.165) is 51.4 Å². The Morgan fingerprint density at radius 1 is 0.651 bits per heavy atom. The van der Waals surface area contributed by atoms with E-state index in [9.17, 15) is 44.0 Å². The molecule has 0 heterocycles. The lowest BCUT2D eigenvalue weighted by atomic mass is 9.85. The average molecular weight is 667 g/mol. The highest BCUT2D eigenvalue weighted by Gasteiger charge is 2.54. The van der Waals surface area contributed by atoms with Crippen LogP contribution in [0.15, 0.2) is 0 Å². The molecule has 0 spiro atoms. The third-order valence-electron chi connectivity index (χ3n) is 6.68. The van der Waals surface area contributed by atoms with Crippen molar-refractivity contribution in [2.45, 2.75) is 134 Å². The summed E-state index contributed by atoms with van der Waals surface area (Å²) in [4.78, 5) is 52.8. The van der Waals surface area contributed by atoms with Crippen molar-refractivity contribution in [1.82, 2.24) is 0 Å². The van der Waals surface area contributed by atoms with Gasteiger partial charge in [0.15, 0.2) is 6.10 Å². The molecular formula is C25H48O16P2. The minimum absolute atomic E-state index is 0.0422. The fraction of sp³-hybridized carbons (Fsp3) is 0.920. The summed E-state index contributed by atoms with van der Waals surface area (Å²) in [6, 6.07) is 0. The molecule has 254 valence electrons. The van der Waals surface area contributed by atoms with Crippen LogP contribution in [0, 0.1) is 0 Å². The van der Waals surface area contributed by atoms with Crippen LogP contribution in [0.1, 0.15) is 90.9 Å². The van der Waals surface area contributed by atoms with Crippen molar-refractivity contribution in [2.24, 2.45) is 0 Å². The fourth-order valence-corrected chi connectivity index (χ4v) is 5.86. The monoisotopic (exact) mass is 666 g/mol. The first-order valence-electron chi connectivity index (χ1n) is 14.6. The number of esters is 2. The molecule has 1 unspecified atom stereocenters. The Morgan fingerprint density at radius 2 is 1.14 bits per heavy atom. The maximum Gasteiger partial charge on any atom is 0.472 e. The van der Waals surface area contributed by atoms with Crippen LogP contribution in [-0.2, 0) is 41.8 Å². The van der Waals surface area contributed by atoms with Crippen molar-refractivity contribution in [1.29, 1.82) is 0 Å². The van der Waals surface area contributed by atoms with E-state index in [1.807, 2.05) is 6.92 Å². The van der Waals surface area contributed by atoms with Gasteiger partial charge < -0.3 is 44.6 Å². The lowest BCUT2D eigenvalue weighted by Gasteiger charge is -2.43. The highest BCUT2D eigenvalue weighted by Crippen LogP contribution is 2.48. The molecule has 1 saturated carbocycles. The summed E-state index contributed by atoms with van der Waals surface area (Å²) in [5, 5.41) is 40.6. The predicted molar refractivity (Wildman–Crippen MR) is 149 cm³/mol. The van der Waals surface area contributed by atoms with Crippen LogP contribution in [0.5, 0.6) is 0 Å². The zero-order chi connectivity index (χ0) is 32.6. The molecule has 0 bridgehead atoms. The van der Waals surface area contributed by atoms with Gasteiger partial charge in [0.2, 0.25) is 0 Å². The van der Waals surface area contributed by atoms with Gasteiger partial charge in [0.25, 0.3) is 0 Å². The molecule has 0 radical (unpaired) electrons. The molecule has 16 nitrogen and oxygen atoms in total. The van der Waals surface area contributed by atoms with Crippen LogP contribution >= 0.6 is 15.6 Å². The second-order valence-corrected chi connectivity index (χ2v) is 13.1. The number of rotatable bonds is 22. The van der Waals surface area contributed by atoms with Gasteiger partial charge in [0, 0.05) is 12.8 Å². The number of ether oxygens (including phenoxy) is 2. The molecule has 1 rings (SSSR count). The Labute approximate surface area is 251 Å². The number of hydrogen-bond donors (Lipinski definition) is 7. The largest absolute Gasteiger partial charge is 0.472 e. The van der Waals surface area contributed by atoms with Gasteiger partial charge in [0.1, 0.15) is 43.2 Å². The van der Waals surface area contributed by atoms with Crippen molar-refractivity contribution < 1.29 is 76.9 Å². The molecule has 7 N–H and O–H groups in total. The lowest BCUT2D eigenvalue weighted by Crippen LogP contribution is -2.64. The SMILES string of the molecule is CCCCCCCC(=O)OC[C@H](COP(=O)(O)O[C@H]1[C@@H](O)[C@@H](OP(=O)(O)O)[C@H](O)[C@@H](O)[C@@H]1O)OC(=O)CCCCCCC. The summed E-state index contributed by atoms with van der Waals surface area (Å²) in [6.07, 6.45) is -5.81. The third kappa shape index (κ3) is 16.2. The first-order valence-corrected chi connectivity index (χ1v) is 17.6. The zero-order valence-electron chi connectivity index (χ0n) is 24.6. The zero-order valence-corrected chi connectivity index (χ0v) is 26.4. The summed E-state index contributed by atoms with van der Waals surface area (Å²) in [5.74, 6) is -1.24. The minimum Gasteiger partial charge on any atom is -0.462 e. The quantitative estimate of drug-likeness (QED) is 0.0492. The fourth-order valence-electron chi connectivity index (χ4n) is 4.32. The van der Waals surface area contributed by atoms with Crippen molar-refractivity contribution in [3.8, 4) is 0 Å². The van der Waals surface area contributed by atoms with E-state index in [4.69, 9.17) is 28.3 Å². The van der Waals surface area contributed by atoms with E-state index in [0.29, 0.717) is 12.8 Å². The van der Waals surface area contributed by atoms with Crippen LogP contribution < -0.4 is 0 Å². The van der Waals surface area contributed by atoms with Crippen molar-refractivity contribution >= 4 is 27.6 Å². The van der Waals surface area contributed by atoms with Crippen molar-refractivity contribution in [3.05, 3.63) is 0 Å². The molecule has 0 aromatic rings. The Hall–Kier alpha value is -1.00.